The van der Waals surface area contributed by atoms with E-state index in [4.69, 9.17) is 4.42 Å². The fourth-order valence-corrected chi connectivity index (χ4v) is 2.38. The molecule has 2 aromatic carbocycles. The highest BCUT2D eigenvalue weighted by Gasteiger charge is 2.06. The highest BCUT2D eigenvalue weighted by atomic mass is 16.3. The molecule has 26 heavy (non-hydrogen) atoms. The Labute approximate surface area is 152 Å². The number of hydrazone groups is 1. The Morgan fingerprint density at radius 2 is 1.88 bits per heavy atom. The summed E-state index contributed by atoms with van der Waals surface area (Å²) < 4.78 is 5.26. The SMILES string of the molecule is CN(C)CC(=O)c1ccc(C=NNc2ccc(-c3cnco3)cc2)cc1. The lowest BCUT2D eigenvalue weighted by molar-refractivity contribution is 0.0958. The minimum Gasteiger partial charge on any atom is -0.444 e. The van der Waals surface area contributed by atoms with Crippen LogP contribution in [0.15, 0.2) is 70.6 Å². The highest BCUT2D eigenvalue weighted by molar-refractivity contribution is 5.98. The van der Waals surface area contributed by atoms with Gasteiger partial charge in [-0.1, -0.05) is 24.3 Å². The summed E-state index contributed by atoms with van der Waals surface area (Å²) in [6, 6.07) is 15.1. The second kappa shape index (κ2) is 8.22. The maximum Gasteiger partial charge on any atom is 0.181 e. The summed E-state index contributed by atoms with van der Waals surface area (Å²) in [5, 5.41) is 4.22. The van der Waals surface area contributed by atoms with Gasteiger partial charge in [-0.15, -0.1) is 0 Å². The minimum atomic E-state index is 0.100. The van der Waals surface area contributed by atoms with Crippen molar-refractivity contribution in [2.24, 2.45) is 5.10 Å². The second-order valence-corrected chi connectivity index (χ2v) is 6.10. The normalized spacial score (nSPS) is 11.2. The van der Waals surface area contributed by atoms with Crippen LogP contribution in [0.3, 0.4) is 0 Å². The van der Waals surface area contributed by atoms with Crippen molar-refractivity contribution < 1.29 is 9.21 Å². The third-order valence-corrected chi connectivity index (χ3v) is 3.70. The highest BCUT2D eigenvalue weighted by Crippen LogP contribution is 2.20. The van der Waals surface area contributed by atoms with E-state index in [1.165, 1.54) is 6.39 Å². The lowest BCUT2D eigenvalue weighted by atomic mass is 10.1. The standard InChI is InChI=1S/C20H20N4O2/c1-24(2)13-19(25)16-5-3-15(4-6-16)11-22-23-18-9-7-17(8-10-18)20-12-21-14-26-20/h3-12,14,23H,13H2,1-2H3. The van der Waals surface area contributed by atoms with Gasteiger partial charge in [-0.2, -0.15) is 5.10 Å². The minimum absolute atomic E-state index is 0.100. The Hall–Kier alpha value is -3.25. The van der Waals surface area contributed by atoms with Crippen LogP contribution in [0.1, 0.15) is 15.9 Å². The number of rotatable bonds is 7. The second-order valence-electron chi connectivity index (χ2n) is 6.10. The van der Waals surface area contributed by atoms with E-state index in [1.807, 2.05) is 67.5 Å². The van der Waals surface area contributed by atoms with E-state index < -0.39 is 0 Å². The number of ketones is 1. The van der Waals surface area contributed by atoms with Crippen molar-refractivity contribution >= 4 is 17.7 Å². The molecule has 0 bridgehead atoms. The molecule has 6 nitrogen and oxygen atoms in total. The van der Waals surface area contributed by atoms with E-state index in [1.54, 1.807) is 12.4 Å². The zero-order valence-electron chi connectivity index (χ0n) is 14.7. The van der Waals surface area contributed by atoms with E-state index >= 15 is 0 Å². The number of nitrogens with zero attached hydrogens (tertiary/aromatic N) is 3. The smallest absolute Gasteiger partial charge is 0.181 e. The van der Waals surface area contributed by atoms with Crippen LogP contribution < -0.4 is 5.43 Å². The Balaban J connectivity index is 1.57. The van der Waals surface area contributed by atoms with Crippen LogP contribution in [0, 0.1) is 0 Å². The Kier molecular flexibility index (Phi) is 5.56. The largest absolute Gasteiger partial charge is 0.444 e. The number of carbonyl (C=O) groups is 1. The summed E-state index contributed by atoms with van der Waals surface area (Å²) >= 11 is 0. The molecule has 0 aliphatic rings. The molecule has 0 aliphatic heterocycles. The predicted octanol–water partition coefficient (Wildman–Crippen LogP) is 3.53. The molecule has 0 saturated carbocycles. The molecule has 3 rings (SSSR count). The van der Waals surface area contributed by atoms with Crippen LogP contribution in [0.25, 0.3) is 11.3 Å². The van der Waals surface area contributed by atoms with Crippen LogP contribution in [-0.2, 0) is 0 Å². The number of Topliss-reactive ketones (excluding diaryl/α,β-unsaturated/α-hetero) is 1. The summed E-state index contributed by atoms with van der Waals surface area (Å²) in [6.07, 6.45) is 4.79. The quantitative estimate of drug-likeness (QED) is 0.402. The average molecular weight is 348 g/mol. The molecule has 132 valence electrons. The fourth-order valence-electron chi connectivity index (χ4n) is 2.38. The van der Waals surface area contributed by atoms with Gasteiger partial charge in [0.2, 0.25) is 0 Å². The van der Waals surface area contributed by atoms with Gasteiger partial charge in [-0.3, -0.25) is 10.2 Å². The Bertz CT molecular complexity index is 867. The van der Waals surface area contributed by atoms with Crippen molar-refractivity contribution in [1.82, 2.24) is 9.88 Å². The van der Waals surface area contributed by atoms with Crippen molar-refractivity contribution in [2.75, 3.05) is 26.1 Å². The van der Waals surface area contributed by atoms with E-state index in [0.29, 0.717) is 12.1 Å². The van der Waals surface area contributed by atoms with E-state index in [9.17, 15) is 4.79 Å². The van der Waals surface area contributed by atoms with Crippen molar-refractivity contribution in [1.29, 1.82) is 0 Å². The number of aromatic nitrogens is 1. The van der Waals surface area contributed by atoms with Gasteiger partial charge in [0.15, 0.2) is 17.9 Å². The average Bonchev–Trinajstić information content (AvgIpc) is 3.17. The van der Waals surface area contributed by atoms with Crippen molar-refractivity contribution in [2.45, 2.75) is 0 Å². The summed E-state index contributed by atoms with van der Waals surface area (Å²) in [5.41, 5.74) is 6.41. The first-order valence-electron chi connectivity index (χ1n) is 8.18. The van der Waals surface area contributed by atoms with Crippen LogP contribution in [0.2, 0.25) is 0 Å². The number of nitrogens with one attached hydrogen (secondary N) is 1. The third-order valence-electron chi connectivity index (χ3n) is 3.70. The molecule has 0 atom stereocenters. The zero-order chi connectivity index (χ0) is 18.4. The molecule has 1 heterocycles. The number of anilines is 1. The summed E-state index contributed by atoms with van der Waals surface area (Å²) in [5.74, 6) is 0.826. The molecular weight excluding hydrogens is 328 g/mol. The van der Waals surface area contributed by atoms with Gasteiger partial charge in [-0.25, -0.2) is 4.98 Å². The first-order chi connectivity index (χ1) is 12.6. The lowest BCUT2D eigenvalue weighted by Gasteiger charge is -2.08. The number of hydrogen-bond donors (Lipinski definition) is 1. The van der Waals surface area contributed by atoms with Gasteiger partial charge < -0.3 is 9.32 Å². The zero-order valence-corrected chi connectivity index (χ0v) is 14.7. The maximum atomic E-state index is 12.0. The lowest BCUT2D eigenvalue weighted by Crippen LogP contribution is -2.21. The van der Waals surface area contributed by atoms with Crippen LogP contribution >= 0.6 is 0 Å². The number of hydrogen-bond acceptors (Lipinski definition) is 6. The molecule has 3 aromatic rings. The summed E-state index contributed by atoms with van der Waals surface area (Å²) in [6.45, 7) is 0.402. The van der Waals surface area contributed by atoms with Crippen LogP contribution in [-0.4, -0.2) is 42.5 Å². The fraction of sp³-hybridized carbons (Fsp3) is 0.150. The maximum absolute atomic E-state index is 12.0. The molecule has 1 aromatic heterocycles. The number of oxazole rings is 1. The molecular formula is C20H20N4O2. The number of likely N-dealkylation sites (N-methyl/N-ethyl adjacent to an activating group) is 1. The van der Waals surface area contributed by atoms with Gasteiger partial charge in [0, 0.05) is 11.1 Å². The first kappa shape index (κ1) is 17.6. The van der Waals surface area contributed by atoms with Crippen molar-refractivity contribution in [3.63, 3.8) is 0 Å². The van der Waals surface area contributed by atoms with E-state index in [0.717, 1.165) is 22.6 Å². The van der Waals surface area contributed by atoms with Crippen molar-refractivity contribution in [3.8, 4) is 11.3 Å². The summed E-state index contributed by atoms with van der Waals surface area (Å²) in [4.78, 5) is 17.7. The molecule has 0 fully saturated rings. The van der Waals surface area contributed by atoms with Gasteiger partial charge in [0.1, 0.15) is 0 Å². The van der Waals surface area contributed by atoms with Crippen molar-refractivity contribution in [3.05, 3.63) is 72.2 Å². The molecule has 1 N–H and O–H groups in total. The van der Waals surface area contributed by atoms with E-state index in [-0.39, 0.29) is 5.78 Å². The molecule has 6 heteroatoms. The molecule has 0 amide bonds. The summed E-state index contributed by atoms with van der Waals surface area (Å²) in [7, 11) is 3.76. The molecule has 0 unspecified atom stereocenters. The molecule has 0 saturated heterocycles. The third kappa shape index (κ3) is 4.64. The van der Waals surface area contributed by atoms with Crippen LogP contribution in [0.4, 0.5) is 5.69 Å². The van der Waals surface area contributed by atoms with Gasteiger partial charge in [0.25, 0.3) is 0 Å². The Morgan fingerprint density at radius 1 is 1.15 bits per heavy atom. The monoisotopic (exact) mass is 348 g/mol. The van der Waals surface area contributed by atoms with E-state index in [2.05, 4.69) is 15.5 Å². The van der Waals surface area contributed by atoms with Gasteiger partial charge in [0.05, 0.1) is 24.6 Å². The van der Waals surface area contributed by atoms with Gasteiger partial charge in [-0.05, 0) is 43.9 Å². The molecule has 0 radical (unpaired) electrons. The number of benzene rings is 2. The first-order valence-corrected chi connectivity index (χ1v) is 8.18. The predicted molar refractivity (Wildman–Crippen MR) is 102 cm³/mol. The molecule has 0 aliphatic carbocycles. The van der Waals surface area contributed by atoms with Crippen LogP contribution in [0.5, 0.6) is 0 Å². The number of carbonyl (C=O) groups excluding carboxylic acids is 1. The van der Waals surface area contributed by atoms with Gasteiger partial charge >= 0.3 is 0 Å². The topological polar surface area (TPSA) is 70.7 Å². The Morgan fingerprint density at radius 3 is 2.50 bits per heavy atom. The molecule has 0 spiro atoms.